The van der Waals surface area contributed by atoms with Crippen molar-refractivity contribution in [2.75, 3.05) is 4.90 Å². The molecule has 142 valence electrons. The lowest BCUT2D eigenvalue weighted by molar-refractivity contribution is -0.117. The highest BCUT2D eigenvalue weighted by atomic mass is 16.5. The smallest absolute Gasteiger partial charge is 0.295 e. The lowest BCUT2D eigenvalue weighted by Gasteiger charge is -2.24. The molecule has 1 aliphatic heterocycles. The van der Waals surface area contributed by atoms with Gasteiger partial charge in [0.1, 0.15) is 17.3 Å². The number of carbonyl (C=O) groups is 2. The zero-order valence-corrected chi connectivity index (χ0v) is 15.0. The van der Waals surface area contributed by atoms with Crippen LogP contribution in [0.5, 0.6) is 5.75 Å². The van der Waals surface area contributed by atoms with Crippen LogP contribution in [0.3, 0.4) is 0 Å². The molecule has 0 saturated carbocycles. The molecule has 8 heteroatoms. The number of phenolic OH excluding ortho intramolecular Hbond substituents is 1. The molecule has 3 aromatic rings. The quantitative estimate of drug-likeness (QED) is 0.666. The number of phenols is 1. The van der Waals surface area contributed by atoms with E-state index < -0.39 is 23.5 Å². The van der Waals surface area contributed by atoms with E-state index in [1.807, 2.05) is 0 Å². The molecule has 1 atom stereocenters. The molecule has 2 aromatic heterocycles. The SMILES string of the molecule is Cc1cc(N2C(=O)C(O)=C(C(=O)c3ccc(C)o3)[C@@H]2c2cccc(O)c2)no1. The van der Waals surface area contributed by atoms with Gasteiger partial charge in [0.15, 0.2) is 17.3 Å². The number of aromatic hydroxyl groups is 1. The summed E-state index contributed by atoms with van der Waals surface area (Å²) >= 11 is 0. The average Bonchev–Trinajstić information content (AvgIpc) is 3.34. The third-order valence-electron chi connectivity index (χ3n) is 4.47. The van der Waals surface area contributed by atoms with Gasteiger partial charge in [0.2, 0.25) is 5.78 Å². The summed E-state index contributed by atoms with van der Waals surface area (Å²) in [4.78, 5) is 27.1. The first-order valence-electron chi connectivity index (χ1n) is 8.47. The first kappa shape index (κ1) is 17.6. The van der Waals surface area contributed by atoms with Crippen LogP contribution in [0.15, 0.2) is 62.7 Å². The number of furan rings is 1. The van der Waals surface area contributed by atoms with Crippen molar-refractivity contribution in [2.24, 2.45) is 0 Å². The van der Waals surface area contributed by atoms with Crippen molar-refractivity contribution in [2.45, 2.75) is 19.9 Å². The molecular weight excluding hydrogens is 364 g/mol. The highest BCUT2D eigenvalue weighted by Crippen LogP contribution is 2.42. The number of amides is 1. The van der Waals surface area contributed by atoms with Crippen molar-refractivity contribution < 1.29 is 28.7 Å². The predicted molar refractivity (Wildman–Crippen MR) is 97.0 cm³/mol. The molecule has 1 amide bonds. The van der Waals surface area contributed by atoms with Crippen LogP contribution in [-0.4, -0.2) is 27.1 Å². The number of aliphatic hydroxyl groups excluding tert-OH is 1. The maximum absolute atomic E-state index is 13.1. The van der Waals surface area contributed by atoms with E-state index in [1.54, 1.807) is 32.0 Å². The van der Waals surface area contributed by atoms with Gasteiger partial charge in [0.05, 0.1) is 11.6 Å². The van der Waals surface area contributed by atoms with Gasteiger partial charge in [-0.15, -0.1) is 0 Å². The van der Waals surface area contributed by atoms with Crippen LogP contribution in [0.25, 0.3) is 0 Å². The maximum Gasteiger partial charge on any atom is 0.295 e. The highest BCUT2D eigenvalue weighted by molar-refractivity contribution is 6.19. The molecule has 2 N–H and O–H groups in total. The second-order valence-electron chi connectivity index (χ2n) is 6.47. The van der Waals surface area contributed by atoms with Crippen LogP contribution in [-0.2, 0) is 4.79 Å². The third kappa shape index (κ3) is 2.75. The summed E-state index contributed by atoms with van der Waals surface area (Å²) in [5.74, 6) is -1.07. The fourth-order valence-corrected chi connectivity index (χ4v) is 3.24. The maximum atomic E-state index is 13.1. The minimum absolute atomic E-state index is 0.00446. The number of anilines is 1. The first-order valence-corrected chi connectivity index (χ1v) is 8.47. The molecule has 1 aliphatic rings. The van der Waals surface area contributed by atoms with E-state index in [9.17, 15) is 19.8 Å². The van der Waals surface area contributed by atoms with E-state index in [0.29, 0.717) is 17.1 Å². The zero-order valence-electron chi connectivity index (χ0n) is 15.0. The molecule has 4 rings (SSSR count). The molecule has 3 heterocycles. The van der Waals surface area contributed by atoms with Gasteiger partial charge < -0.3 is 19.2 Å². The van der Waals surface area contributed by atoms with E-state index in [1.165, 1.54) is 24.3 Å². The van der Waals surface area contributed by atoms with E-state index in [2.05, 4.69) is 5.16 Å². The summed E-state index contributed by atoms with van der Waals surface area (Å²) in [6.07, 6.45) is 0. The molecule has 0 unspecified atom stereocenters. The third-order valence-corrected chi connectivity index (χ3v) is 4.47. The van der Waals surface area contributed by atoms with Gasteiger partial charge in [-0.2, -0.15) is 0 Å². The van der Waals surface area contributed by atoms with E-state index in [0.717, 1.165) is 4.90 Å². The van der Waals surface area contributed by atoms with Crippen molar-refractivity contribution in [1.82, 2.24) is 5.16 Å². The Hall–Kier alpha value is -3.81. The van der Waals surface area contributed by atoms with Gasteiger partial charge in [-0.25, -0.2) is 0 Å². The van der Waals surface area contributed by atoms with E-state index >= 15 is 0 Å². The molecular formula is C20H16N2O6. The summed E-state index contributed by atoms with van der Waals surface area (Å²) in [5, 5.41) is 24.3. The topological polar surface area (TPSA) is 117 Å². The first-order chi connectivity index (χ1) is 13.4. The summed E-state index contributed by atoms with van der Waals surface area (Å²) in [6.45, 7) is 3.34. The molecule has 0 bridgehead atoms. The Labute approximate surface area is 159 Å². The van der Waals surface area contributed by atoms with Crippen LogP contribution >= 0.6 is 0 Å². The number of carbonyl (C=O) groups excluding carboxylic acids is 2. The molecule has 0 aliphatic carbocycles. The van der Waals surface area contributed by atoms with Crippen molar-refractivity contribution in [1.29, 1.82) is 0 Å². The van der Waals surface area contributed by atoms with Crippen LogP contribution in [0.1, 0.15) is 33.7 Å². The minimum atomic E-state index is -1.01. The Bertz CT molecular complexity index is 1120. The second kappa shape index (κ2) is 6.41. The number of benzene rings is 1. The molecule has 0 saturated heterocycles. The van der Waals surface area contributed by atoms with Gasteiger partial charge in [-0.1, -0.05) is 17.3 Å². The zero-order chi connectivity index (χ0) is 20.0. The Morgan fingerprint density at radius 1 is 1.11 bits per heavy atom. The lowest BCUT2D eigenvalue weighted by atomic mass is 9.95. The summed E-state index contributed by atoms with van der Waals surface area (Å²) in [6, 6.07) is 9.69. The Balaban J connectivity index is 1.89. The fourth-order valence-electron chi connectivity index (χ4n) is 3.24. The summed E-state index contributed by atoms with van der Waals surface area (Å²) in [7, 11) is 0. The minimum Gasteiger partial charge on any atom is -0.508 e. The number of aliphatic hydroxyl groups is 1. The second-order valence-corrected chi connectivity index (χ2v) is 6.47. The molecule has 0 spiro atoms. The van der Waals surface area contributed by atoms with Gasteiger partial charge in [0.25, 0.3) is 5.91 Å². The van der Waals surface area contributed by atoms with Crippen LogP contribution in [0.2, 0.25) is 0 Å². The monoisotopic (exact) mass is 380 g/mol. The van der Waals surface area contributed by atoms with Crippen LogP contribution < -0.4 is 4.90 Å². The van der Waals surface area contributed by atoms with E-state index in [-0.39, 0.29) is 22.9 Å². The van der Waals surface area contributed by atoms with Gasteiger partial charge in [0, 0.05) is 6.07 Å². The Morgan fingerprint density at radius 3 is 2.50 bits per heavy atom. The largest absolute Gasteiger partial charge is 0.508 e. The molecule has 1 aromatic carbocycles. The lowest BCUT2D eigenvalue weighted by Crippen LogP contribution is -2.31. The van der Waals surface area contributed by atoms with Crippen molar-refractivity contribution in [3.63, 3.8) is 0 Å². The van der Waals surface area contributed by atoms with Gasteiger partial charge >= 0.3 is 0 Å². The van der Waals surface area contributed by atoms with Crippen molar-refractivity contribution in [3.05, 3.63) is 76.6 Å². The molecule has 0 fully saturated rings. The summed E-state index contributed by atoms with van der Waals surface area (Å²) in [5.41, 5.74) is 0.260. The number of Topliss-reactive ketones (excluding diaryl/α,β-unsaturated/α-hetero) is 1. The highest BCUT2D eigenvalue weighted by Gasteiger charge is 2.46. The van der Waals surface area contributed by atoms with Crippen LogP contribution in [0, 0.1) is 13.8 Å². The number of ketones is 1. The van der Waals surface area contributed by atoms with Crippen LogP contribution in [0.4, 0.5) is 5.82 Å². The molecule has 0 radical (unpaired) electrons. The number of hydrogen-bond acceptors (Lipinski definition) is 7. The Kier molecular flexibility index (Phi) is 4.03. The van der Waals surface area contributed by atoms with E-state index in [4.69, 9.17) is 8.94 Å². The average molecular weight is 380 g/mol. The standard InChI is InChI=1S/C20H16N2O6/c1-10-6-7-14(27-10)18(24)16-17(12-4-3-5-13(23)9-12)22(20(26)19(16)25)15-8-11(2)28-21-15/h3-9,17,23,25H,1-2H3/t17-/m0/s1. The molecule has 28 heavy (non-hydrogen) atoms. The number of hydrogen-bond donors (Lipinski definition) is 2. The van der Waals surface area contributed by atoms with Gasteiger partial charge in [-0.3, -0.25) is 14.5 Å². The predicted octanol–water partition coefficient (Wildman–Crippen LogP) is 3.37. The van der Waals surface area contributed by atoms with Gasteiger partial charge in [-0.05, 0) is 43.7 Å². The number of rotatable bonds is 4. The number of nitrogens with zero attached hydrogens (tertiary/aromatic N) is 2. The number of aromatic nitrogens is 1. The number of aryl methyl sites for hydroxylation is 2. The van der Waals surface area contributed by atoms with Crippen molar-refractivity contribution in [3.8, 4) is 5.75 Å². The normalized spacial score (nSPS) is 16.9. The van der Waals surface area contributed by atoms with Crippen molar-refractivity contribution >= 4 is 17.5 Å². The molecule has 8 nitrogen and oxygen atoms in total. The summed E-state index contributed by atoms with van der Waals surface area (Å²) < 4.78 is 10.4. The fraction of sp³-hybridized carbons (Fsp3) is 0.150. The Morgan fingerprint density at radius 2 is 1.89 bits per heavy atom.